The topological polar surface area (TPSA) is 103 Å². The number of hydrogen-bond acceptors (Lipinski definition) is 5. The van der Waals surface area contributed by atoms with Crippen LogP contribution in [0.25, 0.3) is 11.1 Å². The zero-order valence-electron chi connectivity index (χ0n) is 14.5. The minimum absolute atomic E-state index is 0.243. The van der Waals surface area contributed by atoms with E-state index in [4.69, 9.17) is 20.8 Å². The van der Waals surface area contributed by atoms with E-state index >= 15 is 0 Å². The maximum absolute atomic E-state index is 12.5. The van der Waals surface area contributed by atoms with Gasteiger partial charge in [-0.05, 0) is 30.3 Å². The predicted octanol–water partition coefficient (Wildman–Crippen LogP) is 2.85. The van der Waals surface area contributed by atoms with E-state index in [9.17, 15) is 14.4 Å². The third kappa shape index (κ3) is 4.12. The molecule has 1 heterocycles. The van der Waals surface area contributed by atoms with E-state index < -0.39 is 11.7 Å². The highest BCUT2D eigenvalue weighted by Gasteiger charge is 2.15. The van der Waals surface area contributed by atoms with Gasteiger partial charge in [0.2, 0.25) is 11.8 Å². The number of methoxy groups -OCH3 is 1. The molecule has 0 bridgehead atoms. The first-order chi connectivity index (χ1) is 12.9. The van der Waals surface area contributed by atoms with Crippen molar-refractivity contribution in [2.45, 2.75) is 13.5 Å². The van der Waals surface area contributed by atoms with Gasteiger partial charge in [-0.25, -0.2) is 4.79 Å². The molecule has 2 amide bonds. The van der Waals surface area contributed by atoms with Crippen molar-refractivity contribution in [2.24, 2.45) is 0 Å². The molecule has 27 heavy (non-hydrogen) atoms. The van der Waals surface area contributed by atoms with Crippen LogP contribution in [-0.4, -0.2) is 23.5 Å². The van der Waals surface area contributed by atoms with Gasteiger partial charge in [0.15, 0.2) is 5.58 Å². The number of carbonyl (C=O) groups is 2. The van der Waals surface area contributed by atoms with Crippen LogP contribution in [0, 0.1) is 0 Å². The van der Waals surface area contributed by atoms with Crippen molar-refractivity contribution in [3.05, 3.63) is 52.0 Å². The Morgan fingerprint density at radius 3 is 2.67 bits per heavy atom. The molecule has 0 spiro atoms. The minimum atomic E-state index is -0.665. The summed E-state index contributed by atoms with van der Waals surface area (Å²) < 4.78 is 11.5. The highest BCUT2D eigenvalue weighted by molar-refractivity contribution is 6.31. The summed E-state index contributed by atoms with van der Waals surface area (Å²) in [7, 11) is 1.46. The number of hydrogen-bond donors (Lipinski definition) is 2. The average molecular weight is 390 g/mol. The largest absolute Gasteiger partial charge is 0.495 e. The molecule has 0 saturated carbocycles. The number of ether oxygens (including phenoxy) is 1. The van der Waals surface area contributed by atoms with Crippen molar-refractivity contribution < 1.29 is 18.7 Å². The first-order valence-corrected chi connectivity index (χ1v) is 8.29. The van der Waals surface area contributed by atoms with Crippen LogP contribution in [0.5, 0.6) is 5.75 Å². The Labute approximate surface area is 158 Å². The van der Waals surface area contributed by atoms with E-state index in [-0.39, 0.29) is 12.5 Å². The lowest BCUT2D eigenvalue weighted by atomic mass is 10.2. The highest BCUT2D eigenvalue weighted by atomic mass is 35.5. The molecule has 2 N–H and O–H groups in total. The molecule has 0 saturated heterocycles. The van der Waals surface area contributed by atoms with Crippen LogP contribution < -0.4 is 21.1 Å². The molecule has 9 heteroatoms. The summed E-state index contributed by atoms with van der Waals surface area (Å²) in [5.41, 5.74) is 1.61. The van der Waals surface area contributed by atoms with Gasteiger partial charge in [0, 0.05) is 23.7 Å². The normalized spacial score (nSPS) is 10.6. The second kappa shape index (κ2) is 7.55. The number of fused-ring (bicyclic) bond motifs is 1. The van der Waals surface area contributed by atoms with Crippen molar-refractivity contribution in [3.63, 3.8) is 0 Å². The average Bonchev–Trinajstić information content (AvgIpc) is 2.89. The van der Waals surface area contributed by atoms with Crippen LogP contribution in [-0.2, 0) is 16.1 Å². The standard InChI is InChI=1S/C18H16ClN3O5/c1-10(23)20-12-4-6-15(26-2)13(8-12)21-17(24)9-22-14-5-3-11(19)7-16(14)27-18(22)25/h3-8H,9H2,1-2H3,(H,20,23)(H,21,24). The number of oxazole rings is 1. The molecule has 8 nitrogen and oxygen atoms in total. The van der Waals surface area contributed by atoms with Gasteiger partial charge in [-0.15, -0.1) is 0 Å². The van der Waals surface area contributed by atoms with Gasteiger partial charge in [0.05, 0.1) is 18.3 Å². The first-order valence-electron chi connectivity index (χ1n) is 7.92. The van der Waals surface area contributed by atoms with Crippen LogP contribution in [0.3, 0.4) is 0 Å². The Morgan fingerprint density at radius 2 is 1.96 bits per heavy atom. The van der Waals surface area contributed by atoms with Crippen molar-refractivity contribution in [2.75, 3.05) is 17.7 Å². The number of benzene rings is 2. The lowest BCUT2D eigenvalue weighted by Crippen LogP contribution is -2.25. The number of anilines is 2. The summed E-state index contributed by atoms with van der Waals surface area (Å²) in [6.07, 6.45) is 0. The van der Waals surface area contributed by atoms with Crippen LogP contribution in [0.15, 0.2) is 45.6 Å². The van der Waals surface area contributed by atoms with Crippen LogP contribution in [0.1, 0.15) is 6.92 Å². The number of carbonyl (C=O) groups excluding carboxylic acids is 2. The third-order valence-electron chi connectivity index (χ3n) is 3.73. The van der Waals surface area contributed by atoms with Crippen LogP contribution in [0.2, 0.25) is 5.02 Å². The molecule has 0 aliphatic carbocycles. The predicted molar refractivity (Wildman–Crippen MR) is 101 cm³/mol. The number of nitrogens with one attached hydrogen (secondary N) is 2. The van der Waals surface area contributed by atoms with E-state index in [1.54, 1.807) is 30.3 Å². The Bertz CT molecular complexity index is 1090. The maximum Gasteiger partial charge on any atom is 0.420 e. The van der Waals surface area contributed by atoms with Crippen molar-refractivity contribution in [1.82, 2.24) is 4.57 Å². The molecule has 140 valence electrons. The summed E-state index contributed by atoms with van der Waals surface area (Å²) in [6.45, 7) is 1.12. The summed E-state index contributed by atoms with van der Waals surface area (Å²) in [5.74, 6) is -0.962. The van der Waals surface area contributed by atoms with E-state index in [1.807, 2.05) is 0 Å². The van der Waals surface area contributed by atoms with Crippen molar-refractivity contribution in [3.8, 4) is 5.75 Å². The molecule has 0 aliphatic rings. The number of aromatic nitrogens is 1. The molecule has 0 radical (unpaired) electrons. The molecule has 1 aromatic heterocycles. The summed E-state index contributed by atoms with van der Waals surface area (Å²) in [4.78, 5) is 35.7. The SMILES string of the molecule is COc1ccc(NC(C)=O)cc1NC(=O)Cn1c(=O)oc2cc(Cl)ccc21. The number of halogens is 1. The van der Waals surface area contributed by atoms with Crippen molar-refractivity contribution in [1.29, 1.82) is 0 Å². The molecule has 3 rings (SSSR count). The van der Waals surface area contributed by atoms with Gasteiger partial charge in [-0.3, -0.25) is 14.2 Å². The summed E-state index contributed by atoms with van der Waals surface area (Å²) >= 11 is 5.88. The smallest absolute Gasteiger partial charge is 0.420 e. The van der Waals surface area contributed by atoms with E-state index in [0.29, 0.717) is 33.2 Å². The highest BCUT2D eigenvalue weighted by Crippen LogP contribution is 2.28. The van der Waals surface area contributed by atoms with Gasteiger partial charge in [0.1, 0.15) is 12.3 Å². The molecular weight excluding hydrogens is 374 g/mol. The van der Waals surface area contributed by atoms with E-state index in [1.165, 1.54) is 24.7 Å². The number of amides is 2. The lowest BCUT2D eigenvalue weighted by Gasteiger charge is -2.12. The zero-order chi connectivity index (χ0) is 19.6. The molecule has 3 aromatic rings. The van der Waals surface area contributed by atoms with E-state index in [2.05, 4.69) is 10.6 Å². The van der Waals surface area contributed by atoms with E-state index in [0.717, 1.165) is 0 Å². The summed E-state index contributed by atoms with van der Waals surface area (Å²) in [5, 5.41) is 5.72. The van der Waals surface area contributed by atoms with Crippen molar-refractivity contribution >= 4 is 45.9 Å². The monoisotopic (exact) mass is 389 g/mol. The third-order valence-corrected chi connectivity index (χ3v) is 3.96. The second-order valence-corrected chi connectivity index (χ2v) is 6.15. The Kier molecular flexibility index (Phi) is 5.18. The quantitative estimate of drug-likeness (QED) is 0.698. The lowest BCUT2D eigenvalue weighted by molar-refractivity contribution is -0.117. The molecule has 0 aliphatic heterocycles. The molecular formula is C18H16ClN3O5. The fourth-order valence-corrected chi connectivity index (χ4v) is 2.77. The fourth-order valence-electron chi connectivity index (χ4n) is 2.61. The molecule has 0 fully saturated rings. The molecule has 0 atom stereocenters. The van der Waals surface area contributed by atoms with Crippen LogP contribution >= 0.6 is 11.6 Å². The van der Waals surface area contributed by atoms with Gasteiger partial charge < -0.3 is 19.8 Å². The number of rotatable bonds is 5. The maximum atomic E-state index is 12.5. The molecule has 2 aromatic carbocycles. The van der Waals surface area contributed by atoms with Gasteiger partial charge in [-0.1, -0.05) is 11.6 Å². The summed E-state index contributed by atoms with van der Waals surface area (Å²) in [6, 6.07) is 9.54. The fraction of sp³-hybridized carbons (Fsp3) is 0.167. The zero-order valence-corrected chi connectivity index (χ0v) is 15.3. The number of nitrogens with zero attached hydrogens (tertiary/aromatic N) is 1. The van der Waals surface area contributed by atoms with Gasteiger partial charge in [-0.2, -0.15) is 0 Å². The Balaban J connectivity index is 1.85. The van der Waals surface area contributed by atoms with Gasteiger partial charge >= 0.3 is 5.76 Å². The minimum Gasteiger partial charge on any atom is -0.495 e. The Hall–Kier alpha value is -3.26. The second-order valence-electron chi connectivity index (χ2n) is 5.71. The first kappa shape index (κ1) is 18.5. The molecule has 0 unspecified atom stereocenters. The Morgan fingerprint density at radius 1 is 1.19 bits per heavy atom. The van der Waals surface area contributed by atoms with Gasteiger partial charge in [0.25, 0.3) is 0 Å². The van der Waals surface area contributed by atoms with Crippen LogP contribution in [0.4, 0.5) is 11.4 Å².